The molecule has 0 radical (unpaired) electrons. The van der Waals surface area contributed by atoms with Gasteiger partial charge >= 0.3 is 5.97 Å². The molecule has 0 heterocycles. The Morgan fingerprint density at radius 2 is 2.00 bits per heavy atom. The second-order valence-corrected chi connectivity index (χ2v) is 5.36. The lowest BCUT2D eigenvalue weighted by Gasteiger charge is -2.19. The van der Waals surface area contributed by atoms with E-state index in [1.807, 2.05) is 13.8 Å². The zero-order valence-electron chi connectivity index (χ0n) is 11.1. The van der Waals surface area contributed by atoms with Crippen LogP contribution in [0, 0.1) is 5.92 Å². The minimum absolute atomic E-state index is 0.00678. The van der Waals surface area contributed by atoms with Crippen LogP contribution in [-0.4, -0.2) is 23.0 Å². The molecule has 0 fully saturated rings. The van der Waals surface area contributed by atoms with Crippen LogP contribution in [0.15, 0.2) is 12.1 Å². The van der Waals surface area contributed by atoms with E-state index in [0.29, 0.717) is 0 Å². The van der Waals surface area contributed by atoms with Crippen LogP contribution < -0.4 is 11.1 Å². The monoisotopic (exact) mass is 318 g/mol. The van der Waals surface area contributed by atoms with Crippen molar-refractivity contribution in [3.8, 4) is 0 Å². The second kappa shape index (κ2) is 6.92. The van der Waals surface area contributed by atoms with Crippen LogP contribution in [0.5, 0.6) is 0 Å². The van der Waals surface area contributed by atoms with E-state index < -0.39 is 17.9 Å². The topological polar surface area (TPSA) is 92.4 Å². The Kier molecular flexibility index (Phi) is 5.80. The minimum Gasteiger partial charge on any atom is -0.478 e. The maximum Gasteiger partial charge on any atom is 0.337 e. The number of carbonyl (C=O) groups is 2. The van der Waals surface area contributed by atoms with Crippen LogP contribution in [0.2, 0.25) is 10.0 Å². The Balaban J connectivity index is 3.09. The molecule has 5 nitrogen and oxygen atoms in total. The molecule has 0 aliphatic carbocycles. The summed E-state index contributed by atoms with van der Waals surface area (Å²) in [5.41, 5.74) is 5.63. The van der Waals surface area contributed by atoms with E-state index in [0.717, 1.165) is 6.42 Å². The lowest BCUT2D eigenvalue weighted by molar-refractivity contribution is -0.118. The van der Waals surface area contributed by atoms with Gasteiger partial charge < -0.3 is 16.2 Å². The first-order valence-corrected chi connectivity index (χ1v) is 6.82. The minimum atomic E-state index is -1.23. The van der Waals surface area contributed by atoms with Gasteiger partial charge in [0.15, 0.2) is 0 Å². The molecular weight excluding hydrogens is 303 g/mol. The Labute approximate surface area is 127 Å². The van der Waals surface area contributed by atoms with Crippen LogP contribution in [0.1, 0.15) is 30.6 Å². The number of amides is 1. The molecule has 0 bridgehead atoms. The van der Waals surface area contributed by atoms with Crippen molar-refractivity contribution in [1.29, 1.82) is 0 Å². The summed E-state index contributed by atoms with van der Waals surface area (Å²) in [7, 11) is 0. The van der Waals surface area contributed by atoms with Crippen molar-refractivity contribution in [2.45, 2.75) is 26.3 Å². The SMILES string of the molecule is CCC(C)C(N)C(=O)Nc1c(Cl)cc(Cl)cc1C(=O)O. The Bertz CT molecular complexity index is 535. The molecule has 1 amide bonds. The van der Waals surface area contributed by atoms with Gasteiger partial charge in [-0.2, -0.15) is 0 Å². The summed E-state index contributed by atoms with van der Waals surface area (Å²) < 4.78 is 0. The number of aromatic carboxylic acids is 1. The summed E-state index contributed by atoms with van der Waals surface area (Å²) in [6.45, 7) is 3.75. The molecule has 0 aliphatic heterocycles. The van der Waals surface area contributed by atoms with Crippen molar-refractivity contribution in [3.63, 3.8) is 0 Å². The van der Waals surface area contributed by atoms with Gasteiger partial charge in [-0.1, -0.05) is 43.5 Å². The molecule has 2 atom stereocenters. The number of nitrogens with one attached hydrogen (secondary N) is 1. The van der Waals surface area contributed by atoms with Gasteiger partial charge in [-0.3, -0.25) is 4.79 Å². The van der Waals surface area contributed by atoms with Crippen molar-refractivity contribution in [2.75, 3.05) is 5.32 Å². The third-order valence-electron chi connectivity index (χ3n) is 3.09. The molecule has 2 unspecified atom stereocenters. The van der Waals surface area contributed by atoms with Crippen LogP contribution >= 0.6 is 23.2 Å². The molecule has 0 aromatic heterocycles. The normalized spacial score (nSPS) is 13.7. The van der Waals surface area contributed by atoms with Crippen molar-refractivity contribution < 1.29 is 14.7 Å². The Hall–Kier alpha value is -1.30. The zero-order valence-corrected chi connectivity index (χ0v) is 12.6. The van der Waals surface area contributed by atoms with Crippen LogP contribution in [0.25, 0.3) is 0 Å². The van der Waals surface area contributed by atoms with E-state index in [-0.39, 0.29) is 27.2 Å². The van der Waals surface area contributed by atoms with E-state index in [9.17, 15) is 9.59 Å². The molecule has 110 valence electrons. The summed E-state index contributed by atoms with van der Waals surface area (Å²) in [6, 6.07) is 1.84. The van der Waals surface area contributed by atoms with Gasteiger partial charge in [-0.15, -0.1) is 0 Å². The van der Waals surface area contributed by atoms with Crippen LogP contribution in [0.3, 0.4) is 0 Å². The van der Waals surface area contributed by atoms with Gasteiger partial charge in [-0.05, 0) is 18.1 Å². The molecule has 1 aromatic carbocycles. The number of hydrogen-bond acceptors (Lipinski definition) is 3. The number of halogens is 2. The average molecular weight is 319 g/mol. The van der Waals surface area contributed by atoms with Gasteiger partial charge in [-0.25, -0.2) is 4.79 Å². The molecule has 4 N–H and O–H groups in total. The molecule has 0 saturated carbocycles. The van der Waals surface area contributed by atoms with Gasteiger partial charge in [0.25, 0.3) is 0 Å². The van der Waals surface area contributed by atoms with E-state index in [1.165, 1.54) is 12.1 Å². The zero-order chi connectivity index (χ0) is 15.4. The maximum atomic E-state index is 12.0. The summed E-state index contributed by atoms with van der Waals surface area (Å²) in [5.74, 6) is -1.75. The highest BCUT2D eigenvalue weighted by molar-refractivity contribution is 6.37. The van der Waals surface area contributed by atoms with Gasteiger partial charge in [0.05, 0.1) is 22.3 Å². The third kappa shape index (κ3) is 3.85. The third-order valence-corrected chi connectivity index (χ3v) is 3.61. The molecule has 20 heavy (non-hydrogen) atoms. The van der Waals surface area contributed by atoms with Crippen LogP contribution in [0.4, 0.5) is 5.69 Å². The fraction of sp³-hybridized carbons (Fsp3) is 0.385. The molecule has 1 rings (SSSR count). The number of nitrogens with two attached hydrogens (primary N) is 1. The lowest BCUT2D eigenvalue weighted by Crippen LogP contribution is -2.41. The highest BCUT2D eigenvalue weighted by Crippen LogP contribution is 2.30. The number of carbonyl (C=O) groups excluding carboxylic acids is 1. The summed E-state index contributed by atoms with van der Waals surface area (Å²) in [6.07, 6.45) is 0.731. The van der Waals surface area contributed by atoms with Crippen molar-refractivity contribution in [1.82, 2.24) is 0 Å². The number of hydrogen-bond donors (Lipinski definition) is 3. The lowest BCUT2D eigenvalue weighted by atomic mass is 9.99. The van der Waals surface area contributed by atoms with Crippen LogP contribution in [-0.2, 0) is 4.79 Å². The van der Waals surface area contributed by atoms with E-state index in [2.05, 4.69) is 5.32 Å². The Morgan fingerprint density at radius 3 is 2.50 bits per heavy atom. The predicted molar refractivity (Wildman–Crippen MR) is 79.5 cm³/mol. The fourth-order valence-corrected chi connectivity index (χ4v) is 2.13. The summed E-state index contributed by atoms with van der Waals surface area (Å²) >= 11 is 11.7. The number of rotatable bonds is 5. The first-order chi connectivity index (χ1) is 9.27. The average Bonchev–Trinajstić information content (AvgIpc) is 2.39. The number of anilines is 1. The fourth-order valence-electron chi connectivity index (χ4n) is 1.59. The number of benzene rings is 1. The molecular formula is C13H16Cl2N2O3. The number of carboxylic acid groups (broad SMARTS) is 1. The Morgan fingerprint density at radius 1 is 1.40 bits per heavy atom. The standard InChI is InChI=1S/C13H16Cl2N2O3/c1-3-6(2)10(16)12(18)17-11-8(13(19)20)4-7(14)5-9(11)15/h4-6,10H,3,16H2,1-2H3,(H,17,18)(H,19,20). The molecule has 0 spiro atoms. The van der Waals surface area contributed by atoms with Crippen molar-refractivity contribution >= 4 is 40.8 Å². The van der Waals surface area contributed by atoms with E-state index in [4.69, 9.17) is 34.0 Å². The molecule has 1 aromatic rings. The second-order valence-electron chi connectivity index (χ2n) is 4.52. The van der Waals surface area contributed by atoms with Gasteiger partial charge in [0.2, 0.25) is 5.91 Å². The number of carboxylic acids is 1. The predicted octanol–water partition coefficient (Wildman–Crippen LogP) is 3.00. The molecule has 0 saturated heterocycles. The smallest absolute Gasteiger partial charge is 0.337 e. The first-order valence-electron chi connectivity index (χ1n) is 6.06. The molecule has 0 aliphatic rings. The van der Waals surface area contributed by atoms with E-state index >= 15 is 0 Å². The summed E-state index contributed by atoms with van der Waals surface area (Å²) in [5, 5.41) is 11.8. The quantitative estimate of drug-likeness (QED) is 0.778. The highest BCUT2D eigenvalue weighted by atomic mass is 35.5. The summed E-state index contributed by atoms with van der Waals surface area (Å²) in [4.78, 5) is 23.2. The first kappa shape index (κ1) is 16.8. The van der Waals surface area contributed by atoms with E-state index in [1.54, 1.807) is 0 Å². The van der Waals surface area contributed by atoms with Gasteiger partial charge in [0, 0.05) is 5.02 Å². The maximum absolute atomic E-state index is 12.0. The molecule has 7 heteroatoms. The van der Waals surface area contributed by atoms with Gasteiger partial charge in [0.1, 0.15) is 0 Å². The van der Waals surface area contributed by atoms with Crippen molar-refractivity contribution in [3.05, 3.63) is 27.7 Å². The highest BCUT2D eigenvalue weighted by Gasteiger charge is 2.23. The largest absolute Gasteiger partial charge is 0.478 e. The van der Waals surface area contributed by atoms with Crippen molar-refractivity contribution in [2.24, 2.45) is 11.7 Å².